The van der Waals surface area contributed by atoms with Crippen molar-refractivity contribution >= 4 is 16.8 Å². The fourth-order valence-corrected chi connectivity index (χ4v) is 2.23. The fourth-order valence-electron chi connectivity index (χ4n) is 2.23. The maximum Gasteiger partial charge on any atom is 0.224 e. The number of fused-ring (bicyclic) bond motifs is 1. The van der Waals surface area contributed by atoms with Crippen LogP contribution in [0.15, 0.2) is 18.2 Å². The SMILES string of the molecule is Cc1[nH]c2ccc(F)cc2c1CC(=O)NCCC(C)O. The summed E-state index contributed by atoms with van der Waals surface area (Å²) in [7, 11) is 0. The summed E-state index contributed by atoms with van der Waals surface area (Å²) in [6.45, 7) is 3.99. The molecule has 1 aromatic heterocycles. The molecule has 0 bridgehead atoms. The number of aromatic amines is 1. The molecule has 0 spiro atoms. The molecule has 0 radical (unpaired) electrons. The van der Waals surface area contributed by atoms with Crippen LogP contribution in [0.1, 0.15) is 24.6 Å². The zero-order chi connectivity index (χ0) is 14.7. The third kappa shape index (κ3) is 3.36. The average molecular weight is 278 g/mol. The van der Waals surface area contributed by atoms with Crippen LogP contribution in [0.4, 0.5) is 4.39 Å². The maximum atomic E-state index is 13.3. The van der Waals surface area contributed by atoms with Gasteiger partial charge in [0.1, 0.15) is 5.82 Å². The van der Waals surface area contributed by atoms with Gasteiger partial charge >= 0.3 is 0 Å². The number of aliphatic hydroxyl groups is 1. The van der Waals surface area contributed by atoms with Crippen LogP contribution in [0.25, 0.3) is 10.9 Å². The van der Waals surface area contributed by atoms with Crippen molar-refractivity contribution < 1.29 is 14.3 Å². The van der Waals surface area contributed by atoms with Gasteiger partial charge in [0, 0.05) is 23.1 Å². The smallest absolute Gasteiger partial charge is 0.224 e. The van der Waals surface area contributed by atoms with Crippen molar-refractivity contribution in [2.45, 2.75) is 32.8 Å². The summed E-state index contributed by atoms with van der Waals surface area (Å²) in [5, 5.41) is 12.6. The number of nitrogens with one attached hydrogen (secondary N) is 2. The lowest BCUT2D eigenvalue weighted by Crippen LogP contribution is -2.28. The molecule has 4 nitrogen and oxygen atoms in total. The summed E-state index contributed by atoms with van der Waals surface area (Å²) in [5.41, 5.74) is 2.51. The van der Waals surface area contributed by atoms with Crippen molar-refractivity contribution in [3.05, 3.63) is 35.3 Å². The second-order valence-electron chi connectivity index (χ2n) is 5.08. The van der Waals surface area contributed by atoms with Gasteiger partial charge in [-0.15, -0.1) is 0 Å². The molecule has 0 saturated heterocycles. The highest BCUT2D eigenvalue weighted by Crippen LogP contribution is 2.23. The van der Waals surface area contributed by atoms with Crippen molar-refractivity contribution in [3.8, 4) is 0 Å². The van der Waals surface area contributed by atoms with Gasteiger partial charge in [0.15, 0.2) is 0 Å². The van der Waals surface area contributed by atoms with Crippen LogP contribution in [-0.2, 0) is 11.2 Å². The highest BCUT2D eigenvalue weighted by atomic mass is 19.1. The van der Waals surface area contributed by atoms with Gasteiger partial charge in [-0.2, -0.15) is 0 Å². The fraction of sp³-hybridized carbons (Fsp3) is 0.400. The predicted molar refractivity (Wildman–Crippen MR) is 76.0 cm³/mol. The lowest BCUT2D eigenvalue weighted by Gasteiger charge is -2.07. The van der Waals surface area contributed by atoms with Crippen molar-refractivity contribution in [2.24, 2.45) is 0 Å². The molecule has 1 unspecified atom stereocenters. The van der Waals surface area contributed by atoms with Crippen LogP contribution < -0.4 is 5.32 Å². The van der Waals surface area contributed by atoms with Gasteiger partial charge < -0.3 is 15.4 Å². The monoisotopic (exact) mass is 278 g/mol. The van der Waals surface area contributed by atoms with Gasteiger partial charge in [-0.1, -0.05) is 0 Å². The third-order valence-corrected chi connectivity index (χ3v) is 3.30. The summed E-state index contributed by atoms with van der Waals surface area (Å²) in [4.78, 5) is 15.0. The molecule has 1 atom stereocenters. The predicted octanol–water partition coefficient (Wildman–Crippen LogP) is 2.05. The molecular formula is C15H19FN2O2. The Labute approximate surface area is 117 Å². The molecular weight excluding hydrogens is 259 g/mol. The van der Waals surface area contributed by atoms with Crippen molar-refractivity contribution in [2.75, 3.05) is 6.54 Å². The molecule has 1 heterocycles. The molecule has 0 aliphatic heterocycles. The Hall–Kier alpha value is -1.88. The van der Waals surface area contributed by atoms with E-state index in [1.54, 1.807) is 13.0 Å². The Morgan fingerprint density at radius 1 is 1.50 bits per heavy atom. The number of aromatic nitrogens is 1. The van der Waals surface area contributed by atoms with Crippen LogP contribution >= 0.6 is 0 Å². The molecule has 0 saturated carbocycles. The average Bonchev–Trinajstić information content (AvgIpc) is 2.65. The number of carbonyl (C=O) groups excluding carboxylic acids is 1. The lowest BCUT2D eigenvalue weighted by molar-refractivity contribution is -0.120. The van der Waals surface area contributed by atoms with Crippen molar-refractivity contribution in [3.63, 3.8) is 0 Å². The molecule has 2 rings (SSSR count). The first-order valence-corrected chi connectivity index (χ1v) is 6.69. The number of hydrogen-bond acceptors (Lipinski definition) is 2. The van der Waals surface area contributed by atoms with E-state index in [0.29, 0.717) is 13.0 Å². The number of amides is 1. The van der Waals surface area contributed by atoms with E-state index >= 15 is 0 Å². The molecule has 0 aliphatic rings. The van der Waals surface area contributed by atoms with Crippen LogP contribution in [0.2, 0.25) is 0 Å². The number of H-pyrrole nitrogens is 1. The molecule has 108 valence electrons. The first-order valence-electron chi connectivity index (χ1n) is 6.69. The Kier molecular flexibility index (Phi) is 4.39. The van der Waals surface area contributed by atoms with Gasteiger partial charge in [0.05, 0.1) is 12.5 Å². The number of rotatable bonds is 5. The van der Waals surface area contributed by atoms with E-state index in [9.17, 15) is 9.18 Å². The Bertz CT molecular complexity index is 620. The highest BCUT2D eigenvalue weighted by molar-refractivity contribution is 5.90. The third-order valence-electron chi connectivity index (χ3n) is 3.30. The number of benzene rings is 1. The largest absolute Gasteiger partial charge is 0.393 e. The number of hydrogen-bond donors (Lipinski definition) is 3. The van der Waals surface area contributed by atoms with Crippen LogP contribution in [0.3, 0.4) is 0 Å². The van der Waals surface area contributed by atoms with Gasteiger partial charge in [-0.25, -0.2) is 4.39 Å². The zero-order valence-corrected chi connectivity index (χ0v) is 11.7. The van der Waals surface area contributed by atoms with E-state index in [0.717, 1.165) is 22.2 Å². The lowest BCUT2D eigenvalue weighted by atomic mass is 10.1. The van der Waals surface area contributed by atoms with E-state index in [-0.39, 0.29) is 18.1 Å². The topological polar surface area (TPSA) is 65.1 Å². The first kappa shape index (κ1) is 14.5. The molecule has 3 N–H and O–H groups in total. The van der Waals surface area contributed by atoms with Gasteiger partial charge in [-0.3, -0.25) is 4.79 Å². The minimum atomic E-state index is -0.431. The van der Waals surface area contributed by atoms with Crippen LogP contribution in [0, 0.1) is 12.7 Å². The standard InChI is InChI=1S/C15H19FN2O2/c1-9(19)5-6-17-15(20)8-12-10(2)18-14-4-3-11(16)7-13(12)14/h3-4,7,9,18-19H,5-6,8H2,1-2H3,(H,17,20). The number of aryl methyl sites for hydroxylation is 1. The molecule has 5 heteroatoms. The maximum absolute atomic E-state index is 13.3. The quantitative estimate of drug-likeness (QED) is 0.783. The Morgan fingerprint density at radius 2 is 2.25 bits per heavy atom. The summed E-state index contributed by atoms with van der Waals surface area (Å²) in [6, 6.07) is 4.51. The van der Waals surface area contributed by atoms with Gasteiger partial charge in [-0.05, 0) is 44.0 Å². The van der Waals surface area contributed by atoms with Gasteiger partial charge in [0.25, 0.3) is 0 Å². The summed E-state index contributed by atoms with van der Waals surface area (Å²) < 4.78 is 13.3. The van der Waals surface area contributed by atoms with Crippen molar-refractivity contribution in [1.82, 2.24) is 10.3 Å². The minimum absolute atomic E-state index is 0.126. The number of aliphatic hydroxyl groups excluding tert-OH is 1. The molecule has 20 heavy (non-hydrogen) atoms. The normalized spacial score (nSPS) is 12.6. The van der Waals surface area contributed by atoms with Crippen LogP contribution in [-0.4, -0.2) is 28.6 Å². The molecule has 1 amide bonds. The van der Waals surface area contributed by atoms with E-state index < -0.39 is 6.10 Å². The van der Waals surface area contributed by atoms with E-state index in [4.69, 9.17) is 5.11 Å². The first-order chi connectivity index (χ1) is 9.47. The molecule has 2 aromatic rings. The van der Waals surface area contributed by atoms with E-state index in [1.807, 2.05) is 6.92 Å². The summed E-state index contributed by atoms with van der Waals surface area (Å²) in [6.07, 6.45) is 0.293. The molecule has 0 fully saturated rings. The molecule has 1 aromatic carbocycles. The van der Waals surface area contributed by atoms with Crippen molar-refractivity contribution in [1.29, 1.82) is 0 Å². The van der Waals surface area contributed by atoms with Gasteiger partial charge in [0.2, 0.25) is 5.91 Å². The van der Waals surface area contributed by atoms with E-state index in [2.05, 4.69) is 10.3 Å². The second kappa shape index (κ2) is 6.05. The second-order valence-corrected chi connectivity index (χ2v) is 5.08. The Balaban J connectivity index is 2.11. The number of halogens is 1. The number of carbonyl (C=O) groups is 1. The van der Waals surface area contributed by atoms with E-state index in [1.165, 1.54) is 12.1 Å². The summed E-state index contributed by atoms with van der Waals surface area (Å²) in [5.74, 6) is -0.439. The summed E-state index contributed by atoms with van der Waals surface area (Å²) >= 11 is 0. The molecule has 0 aliphatic carbocycles. The zero-order valence-electron chi connectivity index (χ0n) is 11.7. The minimum Gasteiger partial charge on any atom is -0.393 e. The Morgan fingerprint density at radius 3 is 2.95 bits per heavy atom. The van der Waals surface area contributed by atoms with Crippen LogP contribution in [0.5, 0.6) is 0 Å². The highest BCUT2D eigenvalue weighted by Gasteiger charge is 2.13.